The zero-order valence-corrected chi connectivity index (χ0v) is 12.2. The molecule has 1 aromatic heterocycles. The highest BCUT2D eigenvalue weighted by Crippen LogP contribution is 2.19. The number of aromatic nitrogens is 2. The number of unbranched alkanes of at least 4 members (excludes halogenated alkanes) is 1. The fourth-order valence-electron chi connectivity index (χ4n) is 2.44. The van der Waals surface area contributed by atoms with Crippen LogP contribution in [-0.4, -0.2) is 20.6 Å². The van der Waals surface area contributed by atoms with Crippen LogP contribution in [-0.2, 0) is 17.8 Å². The largest absolute Gasteiger partial charge is 0.481 e. The quantitative estimate of drug-likeness (QED) is 0.786. The Balaban J connectivity index is 2.17. The lowest BCUT2D eigenvalue weighted by Crippen LogP contribution is -2.07. The van der Waals surface area contributed by atoms with Gasteiger partial charge in [0, 0.05) is 19.4 Å². The van der Waals surface area contributed by atoms with Gasteiger partial charge in [-0.2, -0.15) is 0 Å². The van der Waals surface area contributed by atoms with E-state index in [4.69, 9.17) is 10.1 Å². The third-order valence-corrected chi connectivity index (χ3v) is 3.35. The lowest BCUT2D eigenvalue weighted by Gasteiger charge is -2.10. The van der Waals surface area contributed by atoms with Gasteiger partial charge in [-0.25, -0.2) is 4.98 Å². The lowest BCUT2D eigenvalue weighted by molar-refractivity contribution is -0.137. The van der Waals surface area contributed by atoms with Crippen LogP contribution in [0.1, 0.15) is 38.9 Å². The summed E-state index contributed by atoms with van der Waals surface area (Å²) < 4.78 is 2.25. The molecule has 1 heterocycles. The number of aliphatic carboxylic acids is 1. The Morgan fingerprint density at radius 3 is 2.75 bits per heavy atom. The predicted octanol–water partition coefficient (Wildman–Crippen LogP) is 3.49. The van der Waals surface area contributed by atoms with E-state index in [2.05, 4.69) is 24.5 Å². The van der Waals surface area contributed by atoms with E-state index in [1.807, 2.05) is 18.2 Å². The van der Waals surface area contributed by atoms with Crippen molar-refractivity contribution >= 4 is 17.0 Å². The number of hydrogen-bond acceptors (Lipinski definition) is 2. The van der Waals surface area contributed by atoms with Crippen molar-refractivity contribution in [1.82, 2.24) is 9.55 Å². The van der Waals surface area contributed by atoms with Crippen LogP contribution >= 0.6 is 0 Å². The number of imidazole rings is 1. The predicted molar refractivity (Wildman–Crippen MR) is 79.8 cm³/mol. The highest BCUT2D eigenvalue weighted by Gasteiger charge is 2.11. The van der Waals surface area contributed by atoms with Gasteiger partial charge in [0.25, 0.3) is 0 Å². The molecule has 2 aromatic rings. The summed E-state index contributed by atoms with van der Waals surface area (Å²) in [5.41, 5.74) is 2.18. The molecule has 0 aliphatic heterocycles. The van der Waals surface area contributed by atoms with Gasteiger partial charge in [0.2, 0.25) is 0 Å². The second kappa shape index (κ2) is 6.55. The van der Waals surface area contributed by atoms with Gasteiger partial charge in [-0.1, -0.05) is 26.0 Å². The molecule has 0 fully saturated rings. The van der Waals surface area contributed by atoms with Crippen molar-refractivity contribution in [3.63, 3.8) is 0 Å². The van der Waals surface area contributed by atoms with E-state index < -0.39 is 5.97 Å². The van der Waals surface area contributed by atoms with Crippen molar-refractivity contribution in [3.8, 4) is 0 Å². The average Bonchev–Trinajstić information content (AvgIpc) is 2.71. The number of aryl methyl sites for hydroxylation is 1. The van der Waals surface area contributed by atoms with Crippen LogP contribution in [0.25, 0.3) is 11.0 Å². The molecule has 0 aliphatic rings. The first-order valence-corrected chi connectivity index (χ1v) is 7.24. The van der Waals surface area contributed by atoms with E-state index in [0.29, 0.717) is 12.3 Å². The maximum atomic E-state index is 10.6. The van der Waals surface area contributed by atoms with Crippen LogP contribution in [0.5, 0.6) is 0 Å². The number of benzene rings is 1. The molecule has 0 amide bonds. The monoisotopic (exact) mass is 274 g/mol. The Bertz CT molecular complexity index is 587. The lowest BCUT2D eigenvalue weighted by atomic mass is 10.1. The van der Waals surface area contributed by atoms with Crippen molar-refractivity contribution < 1.29 is 9.90 Å². The van der Waals surface area contributed by atoms with Crippen molar-refractivity contribution in [1.29, 1.82) is 0 Å². The molecular weight excluding hydrogens is 252 g/mol. The van der Waals surface area contributed by atoms with Crippen LogP contribution in [0.4, 0.5) is 0 Å². The van der Waals surface area contributed by atoms with Crippen LogP contribution in [0.15, 0.2) is 24.3 Å². The second-order valence-electron chi connectivity index (χ2n) is 5.62. The SMILES string of the molecule is CC(C)Cc1nc2ccccc2n1CCCCC(=O)O. The minimum absolute atomic E-state index is 0.242. The minimum Gasteiger partial charge on any atom is -0.481 e. The highest BCUT2D eigenvalue weighted by atomic mass is 16.4. The second-order valence-corrected chi connectivity index (χ2v) is 5.62. The number of carboxylic acids is 1. The zero-order valence-electron chi connectivity index (χ0n) is 12.2. The van der Waals surface area contributed by atoms with E-state index in [0.717, 1.165) is 36.2 Å². The highest BCUT2D eigenvalue weighted by molar-refractivity contribution is 5.75. The molecule has 0 radical (unpaired) electrons. The molecule has 108 valence electrons. The summed E-state index contributed by atoms with van der Waals surface area (Å²) in [4.78, 5) is 15.3. The molecule has 0 atom stereocenters. The van der Waals surface area contributed by atoms with E-state index in [1.165, 1.54) is 0 Å². The molecule has 4 nitrogen and oxygen atoms in total. The van der Waals surface area contributed by atoms with Crippen molar-refractivity contribution in [3.05, 3.63) is 30.1 Å². The summed E-state index contributed by atoms with van der Waals surface area (Å²) in [6, 6.07) is 8.15. The number of nitrogens with zero attached hydrogens (tertiary/aromatic N) is 2. The summed E-state index contributed by atoms with van der Waals surface area (Å²) in [6.45, 7) is 5.22. The molecule has 0 bridgehead atoms. The van der Waals surface area contributed by atoms with Crippen LogP contribution < -0.4 is 0 Å². The maximum absolute atomic E-state index is 10.6. The van der Waals surface area contributed by atoms with Gasteiger partial charge in [-0.3, -0.25) is 4.79 Å². The van der Waals surface area contributed by atoms with E-state index in [9.17, 15) is 4.79 Å². The van der Waals surface area contributed by atoms with E-state index in [-0.39, 0.29) is 6.42 Å². The van der Waals surface area contributed by atoms with Gasteiger partial charge in [0.1, 0.15) is 5.82 Å². The Hall–Kier alpha value is -1.84. The van der Waals surface area contributed by atoms with Crippen LogP contribution in [0, 0.1) is 5.92 Å². The molecule has 2 rings (SSSR count). The fourth-order valence-corrected chi connectivity index (χ4v) is 2.44. The van der Waals surface area contributed by atoms with Gasteiger partial charge in [0.15, 0.2) is 0 Å². The topological polar surface area (TPSA) is 55.1 Å². The summed E-state index contributed by atoms with van der Waals surface area (Å²) in [7, 11) is 0. The number of para-hydroxylation sites is 2. The third kappa shape index (κ3) is 3.59. The van der Waals surface area contributed by atoms with Crippen molar-refractivity contribution in [2.45, 2.75) is 46.1 Å². The molecule has 0 saturated heterocycles. The number of carbonyl (C=O) groups is 1. The number of hydrogen-bond donors (Lipinski definition) is 1. The Kier molecular flexibility index (Phi) is 4.77. The molecular formula is C16H22N2O2. The Morgan fingerprint density at radius 2 is 2.05 bits per heavy atom. The number of carboxylic acid groups (broad SMARTS) is 1. The molecule has 0 spiro atoms. The molecule has 0 unspecified atom stereocenters. The van der Waals surface area contributed by atoms with Gasteiger partial charge in [-0.05, 0) is 30.9 Å². The van der Waals surface area contributed by atoms with Crippen molar-refractivity contribution in [2.75, 3.05) is 0 Å². The first-order chi connectivity index (χ1) is 9.58. The Morgan fingerprint density at radius 1 is 1.30 bits per heavy atom. The molecule has 1 N–H and O–H groups in total. The number of rotatable bonds is 7. The molecule has 0 aliphatic carbocycles. The third-order valence-electron chi connectivity index (χ3n) is 3.35. The smallest absolute Gasteiger partial charge is 0.303 e. The van der Waals surface area contributed by atoms with Gasteiger partial charge in [-0.15, -0.1) is 0 Å². The summed E-state index contributed by atoms with van der Waals surface area (Å²) in [5.74, 6) is 0.948. The Labute approximate surface area is 119 Å². The van der Waals surface area contributed by atoms with Gasteiger partial charge < -0.3 is 9.67 Å². The normalized spacial score (nSPS) is 11.3. The average molecular weight is 274 g/mol. The summed E-state index contributed by atoms with van der Waals surface area (Å²) >= 11 is 0. The molecule has 4 heteroatoms. The van der Waals surface area contributed by atoms with Crippen LogP contribution in [0.3, 0.4) is 0 Å². The summed E-state index contributed by atoms with van der Waals surface area (Å²) in [6.07, 6.45) is 2.78. The number of fused-ring (bicyclic) bond motifs is 1. The molecule has 1 aromatic carbocycles. The van der Waals surface area contributed by atoms with Gasteiger partial charge in [0.05, 0.1) is 11.0 Å². The van der Waals surface area contributed by atoms with E-state index in [1.54, 1.807) is 0 Å². The van der Waals surface area contributed by atoms with Gasteiger partial charge >= 0.3 is 5.97 Å². The maximum Gasteiger partial charge on any atom is 0.303 e. The van der Waals surface area contributed by atoms with Crippen LogP contribution in [0.2, 0.25) is 0 Å². The van der Waals surface area contributed by atoms with E-state index >= 15 is 0 Å². The first-order valence-electron chi connectivity index (χ1n) is 7.24. The zero-order chi connectivity index (χ0) is 14.5. The standard InChI is InChI=1S/C16H22N2O2/c1-12(2)11-15-17-13-7-3-4-8-14(13)18(15)10-6-5-9-16(19)20/h3-4,7-8,12H,5-6,9-11H2,1-2H3,(H,19,20). The fraction of sp³-hybridized carbons (Fsp3) is 0.500. The molecule has 20 heavy (non-hydrogen) atoms. The first kappa shape index (κ1) is 14.6. The minimum atomic E-state index is -0.720. The summed E-state index contributed by atoms with van der Waals surface area (Å²) in [5, 5.41) is 8.70. The molecule has 0 saturated carbocycles. The van der Waals surface area contributed by atoms with Crippen molar-refractivity contribution in [2.24, 2.45) is 5.92 Å².